The minimum atomic E-state index is -4.56. The Kier molecular flexibility index (Phi) is 3.39. The van der Waals surface area contributed by atoms with Crippen LogP contribution in [0, 0.1) is 0 Å². The van der Waals surface area contributed by atoms with E-state index in [1.165, 1.54) is 5.06 Å². The molecular weight excluding hydrogens is 271 g/mol. The highest BCUT2D eigenvalue weighted by Crippen LogP contribution is 2.35. The zero-order chi connectivity index (χ0) is 14.2. The second-order valence-electron chi connectivity index (χ2n) is 4.81. The summed E-state index contributed by atoms with van der Waals surface area (Å²) in [4.78, 5) is 8.72. The lowest BCUT2D eigenvalue weighted by Crippen LogP contribution is -2.38. The standard InChI is InChI=1S/C13H14F3N3O/c14-13(15,16)12-18-11(9-4-2-1-3-5-9)19(20-12)10-6-7-17-8-10/h1-5,10-11,17H,6-8H2/t10?,11-/m1/s1. The zero-order valence-electron chi connectivity index (χ0n) is 10.6. The molecule has 1 fully saturated rings. The lowest BCUT2D eigenvalue weighted by molar-refractivity contribution is -0.151. The van der Waals surface area contributed by atoms with Crippen LogP contribution in [-0.4, -0.2) is 36.3 Å². The molecule has 1 N–H and O–H groups in total. The number of hydrogen-bond donors (Lipinski definition) is 1. The van der Waals surface area contributed by atoms with Crippen molar-refractivity contribution < 1.29 is 18.0 Å². The topological polar surface area (TPSA) is 36.9 Å². The molecule has 2 aliphatic heterocycles. The van der Waals surface area contributed by atoms with E-state index in [2.05, 4.69) is 10.3 Å². The van der Waals surface area contributed by atoms with Gasteiger partial charge in [-0.25, -0.2) is 4.99 Å². The quantitative estimate of drug-likeness (QED) is 0.905. The molecule has 1 unspecified atom stereocenters. The van der Waals surface area contributed by atoms with Crippen LogP contribution in [0.3, 0.4) is 0 Å². The Balaban J connectivity index is 1.90. The van der Waals surface area contributed by atoms with Crippen molar-refractivity contribution in [2.75, 3.05) is 13.1 Å². The number of nitrogens with zero attached hydrogens (tertiary/aromatic N) is 2. The molecule has 2 heterocycles. The van der Waals surface area contributed by atoms with Gasteiger partial charge in [-0.15, -0.1) is 5.06 Å². The SMILES string of the molecule is FC(F)(F)C1=N[C@@H](c2ccccc2)N(C2CCNC2)O1. The van der Waals surface area contributed by atoms with E-state index in [4.69, 9.17) is 4.84 Å². The molecule has 4 nitrogen and oxygen atoms in total. The van der Waals surface area contributed by atoms with Crippen LogP contribution < -0.4 is 5.32 Å². The van der Waals surface area contributed by atoms with Gasteiger partial charge in [-0.1, -0.05) is 30.3 Å². The molecule has 1 aromatic carbocycles. The van der Waals surface area contributed by atoms with E-state index < -0.39 is 18.2 Å². The molecule has 0 amide bonds. The number of halogens is 3. The molecule has 0 saturated carbocycles. The number of benzene rings is 1. The number of hydroxylamine groups is 2. The molecule has 0 aliphatic carbocycles. The largest absolute Gasteiger partial charge is 0.470 e. The van der Waals surface area contributed by atoms with E-state index in [-0.39, 0.29) is 6.04 Å². The van der Waals surface area contributed by atoms with Gasteiger partial charge in [-0.2, -0.15) is 13.2 Å². The molecule has 2 aliphatic rings. The highest BCUT2D eigenvalue weighted by atomic mass is 19.4. The Hall–Kier alpha value is -1.60. The predicted molar refractivity (Wildman–Crippen MR) is 66.9 cm³/mol. The molecule has 0 radical (unpaired) electrons. The third-order valence-electron chi connectivity index (χ3n) is 3.41. The van der Waals surface area contributed by atoms with E-state index >= 15 is 0 Å². The molecule has 0 bridgehead atoms. The predicted octanol–water partition coefficient (Wildman–Crippen LogP) is 2.26. The number of hydrogen-bond acceptors (Lipinski definition) is 4. The Morgan fingerprint density at radius 2 is 2.00 bits per heavy atom. The first-order valence-electron chi connectivity index (χ1n) is 6.42. The summed E-state index contributed by atoms with van der Waals surface area (Å²) in [5.74, 6) is -1.17. The first-order valence-corrected chi connectivity index (χ1v) is 6.42. The highest BCUT2D eigenvalue weighted by Gasteiger charge is 2.48. The summed E-state index contributed by atoms with van der Waals surface area (Å²) in [6, 6.07) is 8.78. The van der Waals surface area contributed by atoms with E-state index in [0.717, 1.165) is 13.0 Å². The fourth-order valence-electron chi connectivity index (χ4n) is 2.44. The minimum Gasteiger partial charge on any atom is -0.378 e. The first kappa shape index (κ1) is 13.4. The van der Waals surface area contributed by atoms with Gasteiger partial charge in [-0.3, -0.25) is 0 Å². The van der Waals surface area contributed by atoms with Gasteiger partial charge in [0.2, 0.25) is 0 Å². The Morgan fingerprint density at radius 1 is 1.25 bits per heavy atom. The maximum atomic E-state index is 12.8. The molecule has 2 atom stereocenters. The van der Waals surface area contributed by atoms with E-state index in [0.29, 0.717) is 12.1 Å². The zero-order valence-corrected chi connectivity index (χ0v) is 10.6. The van der Waals surface area contributed by atoms with Crippen molar-refractivity contribution in [2.45, 2.75) is 24.8 Å². The number of alkyl halides is 3. The van der Waals surface area contributed by atoms with Gasteiger partial charge in [-0.05, 0) is 18.5 Å². The normalized spacial score (nSPS) is 27.4. The van der Waals surface area contributed by atoms with Crippen molar-refractivity contribution in [3.8, 4) is 0 Å². The number of nitrogens with one attached hydrogen (secondary N) is 1. The lowest BCUT2D eigenvalue weighted by atomic mass is 10.1. The van der Waals surface area contributed by atoms with Crippen LogP contribution in [0.25, 0.3) is 0 Å². The summed E-state index contributed by atoms with van der Waals surface area (Å²) in [6.45, 7) is 1.37. The van der Waals surface area contributed by atoms with E-state index in [1.54, 1.807) is 24.3 Å². The summed E-state index contributed by atoms with van der Waals surface area (Å²) in [6.07, 6.45) is -4.56. The summed E-state index contributed by atoms with van der Waals surface area (Å²) in [5, 5.41) is 4.48. The maximum Gasteiger partial charge on any atom is 0.470 e. The van der Waals surface area contributed by atoms with E-state index in [1.807, 2.05) is 6.07 Å². The first-order chi connectivity index (χ1) is 9.55. The van der Waals surface area contributed by atoms with Crippen molar-refractivity contribution in [3.63, 3.8) is 0 Å². The Morgan fingerprint density at radius 3 is 2.60 bits per heavy atom. The van der Waals surface area contributed by atoms with Crippen LogP contribution in [0.15, 0.2) is 35.3 Å². The van der Waals surface area contributed by atoms with Crippen LogP contribution in [0.4, 0.5) is 13.2 Å². The second-order valence-corrected chi connectivity index (χ2v) is 4.81. The third-order valence-corrected chi connectivity index (χ3v) is 3.41. The Bertz CT molecular complexity index is 497. The molecule has 1 saturated heterocycles. The van der Waals surface area contributed by atoms with Gasteiger partial charge >= 0.3 is 12.1 Å². The van der Waals surface area contributed by atoms with Gasteiger partial charge in [0.1, 0.15) is 0 Å². The average Bonchev–Trinajstić information content (AvgIpc) is 3.08. The van der Waals surface area contributed by atoms with Crippen molar-refractivity contribution in [2.24, 2.45) is 4.99 Å². The third kappa shape index (κ3) is 2.51. The van der Waals surface area contributed by atoms with Gasteiger partial charge in [0, 0.05) is 6.54 Å². The average molecular weight is 285 g/mol. The molecule has 108 valence electrons. The van der Waals surface area contributed by atoms with Gasteiger partial charge in [0.05, 0.1) is 6.04 Å². The fraction of sp³-hybridized carbons (Fsp3) is 0.462. The number of rotatable bonds is 2. The van der Waals surface area contributed by atoms with Gasteiger partial charge in [0.15, 0.2) is 6.17 Å². The molecule has 20 heavy (non-hydrogen) atoms. The molecule has 0 aromatic heterocycles. The van der Waals surface area contributed by atoms with E-state index in [9.17, 15) is 13.2 Å². The smallest absolute Gasteiger partial charge is 0.378 e. The lowest BCUT2D eigenvalue weighted by Gasteiger charge is -2.26. The van der Waals surface area contributed by atoms with Crippen LogP contribution >= 0.6 is 0 Å². The summed E-state index contributed by atoms with van der Waals surface area (Å²) >= 11 is 0. The van der Waals surface area contributed by atoms with Crippen LogP contribution in [0.1, 0.15) is 18.2 Å². The van der Waals surface area contributed by atoms with Crippen LogP contribution in [0.5, 0.6) is 0 Å². The molecule has 0 spiro atoms. The monoisotopic (exact) mass is 285 g/mol. The highest BCUT2D eigenvalue weighted by molar-refractivity contribution is 5.82. The van der Waals surface area contributed by atoms with Crippen molar-refractivity contribution in [3.05, 3.63) is 35.9 Å². The van der Waals surface area contributed by atoms with Gasteiger partial charge in [0.25, 0.3) is 0 Å². The molecule has 3 rings (SSSR count). The second kappa shape index (κ2) is 5.06. The van der Waals surface area contributed by atoms with Crippen LogP contribution in [-0.2, 0) is 4.84 Å². The van der Waals surface area contributed by atoms with Crippen LogP contribution in [0.2, 0.25) is 0 Å². The molecule has 1 aromatic rings. The summed E-state index contributed by atoms with van der Waals surface area (Å²) in [7, 11) is 0. The fourth-order valence-corrected chi connectivity index (χ4v) is 2.44. The summed E-state index contributed by atoms with van der Waals surface area (Å²) < 4.78 is 38.4. The van der Waals surface area contributed by atoms with Crippen molar-refractivity contribution >= 4 is 5.90 Å². The van der Waals surface area contributed by atoms with Gasteiger partial charge < -0.3 is 10.2 Å². The minimum absolute atomic E-state index is 0.108. The Labute approximate surface area is 114 Å². The summed E-state index contributed by atoms with van der Waals surface area (Å²) in [5.41, 5.74) is 0.693. The molecule has 7 heteroatoms. The van der Waals surface area contributed by atoms with Crippen molar-refractivity contribution in [1.29, 1.82) is 0 Å². The molecular formula is C13H14F3N3O. The number of aliphatic imine (C=N–C) groups is 1. The maximum absolute atomic E-state index is 12.8. The van der Waals surface area contributed by atoms with Crippen molar-refractivity contribution in [1.82, 2.24) is 10.4 Å².